The molecule has 1 unspecified atom stereocenters. The average molecular weight is 319 g/mol. The fourth-order valence-electron chi connectivity index (χ4n) is 1.82. The number of carbonyl (C=O) groups excluding carboxylic acids is 1. The predicted octanol–water partition coefficient (Wildman–Crippen LogP) is 2.49. The van der Waals surface area contributed by atoms with Gasteiger partial charge in [0.05, 0.1) is 5.02 Å². The van der Waals surface area contributed by atoms with Crippen molar-refractivity contribution in [2.75, 3.05) is 12.0 Å². The van der Waals surface area contributed by atoms with Crippen molar-refractivity contribution < 1.29 is 14.7 Å². The van der Waals surface area contributed by atoms with Crippen LogP contribution in [0.4, 0.5) is 0 Å². The Kier molecular flexibility index (Phi) is 6.95. The van der Waals surface area contributed by atoms with Gasteiger partial charge in [0.15, 0.2) is 0 Å². The molecule has 0 radical (unpaired) electrons. The Labute approximate surface area is 127 Å². The zero-order chi connectivity index (χ0) is 15.1. The molecular weight excluding hydrogens is 300 g/mol. The van der Waals surface area contributed by atoms with Gasteiger partial charge in [-0.25, -0.2) is 4.79 Å². The number of aryl methyl sites for hydroxylation is 1. The normalized spacial score (nSPS) is 12.2. The fraction of sp³-hybridized carbons (Fsp3) is 0.538. The van der Waals surface area contributed by atoms with Crippen molar-refractivity contribution in [3.63, 3.8) is 0 Å². The van der Waals surface area contributed by atoms with Crippen LogP contribution < -0.4 is 5.32 Å². The molecule has 0 aliphatic heterocycles. The molecule has 1 rings (SSSR count). The molecule has 0 aliphatic rings. The van der Waals surface area contributed by atoms with Gasteiger partial charge in [-0.2, -0.15) is 11.8 Å². The molecule has 7 heteroatoms. The molecule has 1 amide bonds. The maximum absolute atomic E-state index is 12.2. The van der Waals surface area contributed by atoms with Crippen molar-refractivity contribution in [2.45, 2.75) is 32.4 Å². The van der Waals surface area contributed by atoms with Crippen molar-refractivity contribution in [2.24, 2.45) is 0 Å². The van der Waals surface area contributed by atoms with E-state index in [0.29, 0.717) is 29.4 Å². The molecule has 0 fully saturated rings. The van der Waals surface area contributed by atoms with E-state index in [9.17, 15) is 9.59 Å². The fourth-order valence-corrected chi connectivity index (χ4v) is 2.51. The molecule has 20 heavy (non-hydrogen) atoms. The van der Waals surface area contributed by atoms with E-state index in [2.05, 4.69) is 5.32 Å². The van der Waals surface area contributed by atoms with Crippen molar-refractivity contribution in [1.29, 1.82) is 0 Å². The lowest BCUT2D eigenvalue weighted by molar-refractivity contribution is -0.139. The summed E-state index contributed by atoms with van der Waals surface area (Å²) in [5, 5.41) is 12.1. The summed E-state index contributed by atoms with van der Waals surface area (Å²) in [6.07, 6.45) is 4.83. The number of hydrogen-bond donors (Lipinski definition) is 2. The van der Waals surface area contributed by atoms with Crippen LogP contribution in [0.15, 0.2) is 12.3 Å². The third-order valence-corrected chi connectivity index (χ3v) is 3.63. The first kappa shape index (κ1) is 16.9. The summed E-state index contributed by atoms with van der Waals surface area (Å²) in [5.74, 6) is -0.750. The third-order valence-electron chi connectivity index (χ3n) is 2.77. The van der Waals surface area contributed by atoms with Crippen molar-refractivity contribution in [1.82, 2.24) is 9.88 Å². The summed E-state index contributed by atoms with van der Waals surface area (Å²) in [7, 11) is 0. The lowest BCUT2D eigenvalue weighted by Gasteiger charge is -2.15. The number of aromatic nitrogens is 1. The Hall–Kier alpha value is -1.14. The zero-order valence-electron chi connectivity index (χ0n) is 11.6. The van der Waals surface area contributed by atoms with Gasteiger partial charge in [0.25, 0.3) is 5.91 Å². The van der Waals surface area contributed by atoms with Crippen LogP contribution in [0.1, 0.15) is 30.3 Å². The van der Waals surface area contributed by atoms with Crippen LogP contribution in [-0.4, -0.2) is 39.6 Å². The van der Waals surface area contributed by atoms with Crippen molar-refractivity contribution in [3.05, 3.63) is 23.0 Å². The lowest BCUT2D eigenvalue weighted by Crippen LogP contribution is -2.41. The first-order valence-corrected chi connectivity index (χ1v) is 8.15. The Morgan fingerprint density at radius 3 is 2.80 bits per heavy atom. The highest BCUT2D eigenvalue weighted by atomic mass is 35.5. The molecule has 0 aliphatic carbocycles. The van der Waals surface area contributed by atoms with Crippen LogP contribution >= 0.6 is 23.4 Å². The molecule has 112 valence electrons. The molecule has 1 heterocycles. The van der Waals surface area contributed by atoms with E-state index < -0.39 is 17.9 Å². The van der Waals surface area contributed by atoms with Gasteiger partial charge in [-0.05, 0) is 30.9 Å². The second-order valence-corrected chi connectivity index (χ2v) is 5.80. The van der Waals surface area contributed by atoms with E-state index in [0.717, 1.165) is 6.42 Å². The molecule has 0 bridgehead atoms. The van der Waals surface area contributed by atoms with Gasteiger partial charge in [0, 0.05) is 12.7 Å². The summed E-state index contributed by atoms with van der Waals surface area (Å²) in [5.41, 5.74) is 0.396. The number of carboxylic acids is 1. The first-order valence-electron chi connectivity index (χ1n) is 6.37. The van der Waals surface area contributed by atoms with E-state index in [1.54, 1.807) is 28.6 Å². The minimum atomic E-state index is -1.02. The highest BCUT2D eigenvalue weighted by molar-refractivity contribution is 7.98. The Balaban J connectivity index is 2.80. The van der Waals surface area contributed by atoms with E-state index in [1.165, 1.54) is 0 Å². The number of carbonyl (C=O) groups is 2. The van der Waals surface area contributed by atoms with Crippen molar-refractivity contribution >= 4 is 35.2 Å². The SMILES string of the molecule is CCCn1cc(Cl)cc1C(=O)NC(CCSC)C(=O)O. The highest BCUT2D eigenvalue weighted by Gasteiger charge is 2.22. The number of aliphatic carboxylic acids is 1. The lowest BCUT2D eigenvalue weighted by atomic mass is 10.2. The van der Waals surface area contributed by atoms with Crippen LogP contribution in [0.5, 0.6) is 0 Å². The second kappa shape index (κ2) is 8.21. The van der Waals surface area contributed by atoms with E-state index >= 15 is 0 Å². The summed E-state index contributed by atoms with van der Waals surface area (Å²) in [4.78, 5) is 23.3. The second-order valence-electron chi connectivity index (χ2n) is 4.38. The Bertz CT molecular complexity index is 476. The summed E-state index contributed by atoms with van der Waals surface area (Å²) >= 11 is 7.45. The van der Waals surface area contributed by atoms with Crippen LogP contribution in [0.3, 0.4) is 0 Å². The number of carboxylic acid groups (broad SMARTS) is 1. The van der Waals surface area contributed by atoms with Crippen molar-refractivity contribution in [3.8, 4) is 0 Å². The van der Waals surface area contributed by atoms with Gasteiger partial charge in [0.2, 0.25) is 0 Å². The Morgan fingerprint density at radius 2 is 2.25 bits per heavy atom. The maximum atomic E-state index is 12.2. The number of hydrogen-bond acceptors (Lipinski definition) is 3. The third kappa shape index (κ3) is 4.76. The average Bonchev–Trinajstić information content (AvgIpc) is 2.75. The molecule has 0 spiro atoms. The van der Waals surface area contributed by atoms with Crippen LogP contribution in [0.2, 0.25) is 5.02 Å². The smallest absolute Gasteiger partial charge is 0.326 e. The van der Waals surface area contributed by atoms with Crippen LogP contribution in [0.25, 0.3) is 0 Å². The van der Waals surface area contributed by atoms with Gasteiger partial charge in [-0.1, -0.05) is 18.5 Å². The van der Waals surface area contributed by atoms with Gasteiger partial charge >= 0.3 is 5.97 Å². The molecule has 1 aromatic rings. The summed E-state index contributed by atoms with van der Waals surface area (Å²) in [6, 6.07) is 0.679. The largest absolute Gasteiger partial charge is 0.480 e. The molecular formula is C13H19ClN2O3S. The molecule has 5 nitrogen and oxygen atoms in total. The number of nitrogens with one attached hydrogen (secondary N) is 1. The van der Waals surface area contributed by atoms with Gasteiger partial charge < -0.3 is 15.0 Å². The predicted molar refractivity (Wildman–Crippen MR) is 81.6 cm³/mol. The monoisotopic (exact) mass is 318 g/mol. The highest BCUT2D eigenvalue weighted by Crippen LogP contribution is 2.15. The van der Waals surface area contributed by atoms with Gasteiger partial charge in [0.1, 0.15) is 11.7 Å². The molecule has 1 aromatic heterocycles. The number of halogens is 1. The molecule has 2 N–H and O–H groups in total. The quantitative estimate of drug-likeness (QED) is 0.772. The van der Waals surface area contributed by atoms with Crippen LogP contribution in [0, 0.1) is 0 Å². The summed E-state index contributed by atoms with van der Waals surface area (Å²) in [6.45, 7) is 2.66. The van der Waals surface area contributed by atoms with E-state index in [4.69, 9.17) is 16.7 Å². The first-order chi connectivity index (χ1) is 9.49. The Morgan fingerprint density at radius 1 is 1.55 bits per heavy atom. The topological polar surface area (TPSA) is 71.3 Å². The van der Waals surface area contributed by atoms with E-state index in [-0.39, 0.29) is 0 Å². The number of rotatable bonds is 8. The molecule has 0 aromatic carbocycles. The van der Waals surface area contributed by atoms with Gasteiger partial charge in [-0.3, -0.25) is 4.79 Å². The minimum Gasteiger partial charge on any atom is -0.480 e. The van der Waals surface area contributed by atoms with E-state index in [1.807, 2.05) is 13.2 Å². The van der Waals surface area contributed by atoms with Gasteiger partial charge in [-0.15, -0.1) is 0 Å². The number of nitrogens with zero attached hydrogens (tertiary/aromatic N) is 1. The number of amides is 1. The number of thioether (sulfide) groups is 1. The maximum Gasteiger partial charge on any atom is 0.326 e. The minimum absolute atomic E-state index is 0.393. The summed E-state index contributed by atoms with van der Waals surface area (Å²) < 4.78 is 1.74. The molecule has 0 saturated heterocycles. The molecule has 1 atom stereocenters. The standard InChI is InChI=1S/C13H19ClN2O3S/c1-3-5-16-8-9(14)7-11(16)12(17)15-10(13(18)19)4-6-20-2/h7-8,10H,3-6H2,1-2H3,(H,15,17)(H,18,19). The molecule has 0 saturated carbocycles. The van der Waals surface area contributed by atoms with Crippen LogP contribution in [-0.2, 0) is 11.3 Å². The zero-order valence-corrected chi connectivity index (χ0v) is 13.1.